The first-order valence-electron chi connectivity index (χ1n) is 9.67. The van der Waals surface area contributed by atoms with Crippen LogP contribution < -0.4 is 10.2 Å². The molecule has 3 rings (SSSR count). The predicted molar refractivity (Wildman–Crippen MR) is 104 cm³/mol. The van der Waals surface area contributed by atoms with Gasteiger partial charge in [0.15, 0.2) is 5.96 Å². The van der Waals surface area contributed by atoms with Gasteiger partial charge in [0.25, 0.3) is 0 Å². The van der Waals surface area contributed by atoms with Crippen molar-refractivity contribution in [3.05, 3.63) is 24.4 Å². The quantitative estimate of drug-likeness (QED) is 0.631. The summed E-state index contributed by atoms with van der Waals surface area (Å²) in [5.41, 5.74) is 0. The van der Waals surface area contributed by atoms with E-state index in [2.05, 4.69) is 40.0 Å². The Hall–Kier alpha value is -1.86. The van der Waals surface area contributed by atoms with Crippen LogP contribution in [0, 0.1) is 0 Å². The molecule has 2 atom stereocenters. The highest BCUT2D eigenvalue weighted by atomic mass is 16.6. The van der Waals surface area contributed by atoms with Gasteiger partial charge in [-0.05, 0) is 25.5 Å². The van der Waals surface area contributed by atoms with Gasteiger partial charge < -0.3 is 24.6 Å². The molecule has 0 aliphatic carbocycles. The van der Waals surface area contributed by atoms with Gasteiger partial charge in [-0.3, -0.25) is 4.99 Å². The number of piperazine rings is 1. The molecule has 0 saturated carbocycles. The van der Waals surface area contributed by atoms with Crippen LogP contribution in [0.25, 0.3) is 0 Å². The number of nitrogens with zero attached hydrogens (tertiary/aromatic N) is 4. The minimum absolute atomic E-state index is 0.0623. The van der Waals surface area contributed by atoms with Gasteiger partial charge in [0.1, 0.15) is 11.9 Å². The number of anilines is 1. The molecule has 2 aliphatic heterocycles. The molecule has 2 unspecified atom stereocenters. The zero-order chi connectivity index (χ0) is 18.2. The van der Waals surface area contributed by atoms with E-state index in [0.29, 0.717) is 32.4 Å². The normalized spacial score (nSPS) is 23.0. The van der Waals surface area contributed by atoms with Gasteiger partial charge in [-0.1, -0.05) is 13.0 Å². The Morgan fingerprint density at radius 1 is 1.31 bits per heavy atom. The van der Waals surface area contributed by atoms with E-state index >= 15 is 0 Å². The van der Waals surface area contributed by atoms with E-state index in [4.69, 9.17) is 14.5 Å². The number of guanidine groups is 1. The van der Waals surface area contributed by atoms with Crippen LogP contribution in [0.4, 0.5) is 5.82 Å². The van der Waals surface area contributed by atoms with Gasteiger partial charge in [-0.2, -0.15) is 0 Å². The molecule has 3 heterocycles. The molecule has 0 amide bonds. The van der Waals surface area contributed by atoms with Gasteiger partial charge in [0.2, 0.25) is 0 Å². The number of hydrogen-bond donors (Lipinski definition) is 1. The SMILES string of the molecule is CCC(C)NC(=NCC1COCCO1)N1CCN(c2ccccn2)CC1. The fourth-order valence-corrected chi connectivity index (χ4v) is 3.08. The summed E-state index contributed by atoms with van der Waals surface area (Å²) in [6.07, 6.45) is 2.98. The Kier molecular flexibility index (Phi) is 7.08. The largest absolute Gasteiger partial charge is 0.376 e. The Bertz CT molecular complexity index is 554. The maximum atomic E-state index is 5.73. The molecule has 1 N–H and O–H groups in total. The second-order valence-corrected chi connectivity index (χ2v) is 6.85. The third kappa shape index (κ3) is 5.32. The smallest absolute Gasteiger partial charge is 0.194 e. The van der Waals surface area contributed by atoms with E-state index in [0.717, 1.165) is 44.4 Å². The standard InChI is InChI=1S/C19H31N5O2/c1-3-16(2)22-19(21-14-17-15-25-12-13-26-17)24-10-8-23(9-11-24)18-6-4-5-7-20-18/h4-7,16-17H,3,8-15H2,1-2H3,(H,21,22). The topological polar surface area (TPSA) is 62.2 Å². The molecule has 2 aliphatic rings. The van der Waals surface area contributed by atoms with Crippen LogP contribution in [0.15, 0.2) is 29.4 Å². The Morgan fingerprint density at radius 3 is 2.81 bits per heavy atom. The minimum Gasteiger partial charge on any atom is -0.376 e. The highest BCUT2D eigenvalue weighted by molar-refractivity contribution is 5.80. The zero-order valence-electron chi connectivity index (χ0n) is 15.9. The Labute approximate surface area is 156 Å². The lowest BCUT2D eigenvalue weighted by Crippen LogP contribution is -2.54. The molecule has 2 fully saturated rings. The van der Waals surface area contributed by atoms with Crippen LogP contribution in [0.2, 0.25) is 0 Å². The zero-order valence-corrected chi connectivity index (χ0v) is 15.9. The summed E-state index contributed by atoms with van der Waals surface area (Å²) in [7, 11) is 0. The van der Waals surface area contributed by atoms with Crippen LogP contribution in [0.3, 0.4) is 0 Å². The van der Waals surface area contributed by atoms with E-state index in [-0.39, 0.29) is 6.10 Å². The lowest BCUT2D eigenvalue weighted by atomic mass is 10.2. The summed E-state index contributed by atoms with van der Waals surface area (Å²) in [6.45, 7) is 10.8. The molecule has 0 aromatic carbocycles. The first-order chi connectivity index (χ1) is 12.8. The van der Waals surface area contributed by atoms with Crippen molar-refractivity contribution >= 4 is 11.8 Å². The van der Waals surface area contributed by atoms with E-state index in [1.807, 2.05) is 18.3 Å². The van der Waals surface area contributed by atoms with Crippen molar-refractivity contribution in [1.29, 1.82) is 0 Å². The summed E-state index contributed by atoms with van der Waals surface area (Å²) in [5.74, 6) is 2.03. The molecule has 1 aromatic rings. The number of ether oxygens (including phenoxy) is 2. The highest BCUT2D eigenvalue weighted by Crippen LogP contribution is 2.13. The molecule has 1 aromatic heterocycles. The Balaban J connectivity index is 1.59. The number of rotatable bonds is 5. The average molecular weight is 361 g/mol. The summed E-state index contributed by atoms with van der Waals surface area (Å²) in [5, 5.41) is 3.58. The first-order valence-corrected chi connectivity index (χ1v) is 9.67. The number of nitrogens with one attached hydrogen (secondary N) is 1. The van der Waals surface area contributed by atoms with Crippen molar-refractivity contribution in [2.75, 3.05) is 57.4 Å². The summed E-state index contributed by atoms with van der Waals surface area (Å²) in [6, 6.07) is 6.46. The van der Waals surface area contributed by atoms with Gasteiger partial charge in [-0.15, -0.1) is 0 Å². The fraction of sp³-hybridized carbons (Fsp3) is 0.684. The number of aliphatic imine (C=N–C) groups is 1. The maximum Gasteiger partial charge on any atom is 0.194 e. The van der Waals surface area contributed by atoms with Crippen LogP contribution in [0.5, 0.6) is 0 Å². The van der Waals surface area contributed by atoms with Crippen LogP contribution in [-0.4, -0.2) is 80.5 Å². The average Bonchev–Trinajstić information content (AvgIpc) is 2.72. The van der Waals surface area contributed by atoms with Crippen molar-refractivity contribution in [3.8, 4) is 0 Å². The predicted octanol–water partition coefficient (Wildman–Crippen LogP) is 1.36. The Morgan fingerprint density at radius 2 is 2.15 bits per heavy atom. The number of hydrogen-bond acceptors (Lipinski definition) is 5. The molecule has 26 heavy (non-hydrogen) atoms. The van der Waals surface area contributed by atoms with Crippen molar-refractivity contribution < 1.29 is 9.47 Å². The van der Waals surface area contributed by atoms with Crippen LogP contribution >= 0.6 is 0 Å². The van der Waals surface area contributed by atoms with Crippen LogP contribution in [0.1, 0.15) is 20.3 Å². The second-order valence-electron chi connectivity index (χ2n) is 6.85. The third-order valence-corrected chi connectivity index (χ3v) is 4.87. The van der Waals surface area contributed by atoms with Crippen LogP contribution in [-0.2, 0) is 9.47 Å². The van der Waals surface area contributed by atoms with E-state index in [9.17, 15) is 0 Å². The molecule has 7 nitrogen and oxygen atoms in total. The molecule has 0 spiro atoms. The lowest BCUT2D eigenvalue weighted by molar-refractivity contribution is -0.0833. The maximum absolute atomic E-state index is 5.73. The summed E-state index contributed by atoms with van der Waals surface area (Å²) in [4.78, 5) is 14.0. The molecule has 7 heteroatoms. The fourth-order valence-electron chi connectivity index (χ4n) is 3.08. The minimum atomic E-state index is 0.0623. The monoisotopic (exact) mass is 361 g/mol. The first kappa shape index (κ1) is 18.9. The summed E-state index contributed by atoms with van der Waals surface area (Å²) >= 11 is 0. The molecule has 144 valence electrons. The summed E-state index contributed by atoms with van der Waals surface area (Å²) < 4.78 is 11.2. The second kappa shape index (κ2) is 9.73. The molecule has 0 bridgehead atoms. The van der Waals surface area contributed by atoms with Gasteiger partial charge in [0, 0.05) is 38.4 Å². The lowest BCUT2D eigenvalue weighted by Gasteiger charge is -2.38. The highest BCUT2D eigenvalue weighted by Gasteiger charge is 2.22. The van der Waals surface area contributed by atoms with Crippen molar-refractivity contribution in [2.24, 2.45) is 4.99 Å². The number of aromatic nitrogens is 1. The molecular formula is C19H31N5O2. The van der Waals surface area contributed by atoms with Gasteiger partial charge >= 0.3 is 0 Å². The number of pyridine rings is 1. The van der Waals surface area contributed by atoms with E-state index < -0.39 is 0 Å². The van der Waals surface area contributed by atoms with Crippen molar-refractivity contribution in [3.63, 3.8) is 0 Å². The van der Waals surface area contributed by atoms with Gasteiger partial charge in [-0.25, -0.2) is 4.98 Å². The van der Waals surface area contributed by atoms with Crippen molar-refractivity contribution in [2.45, 2.75) is 32.4 Å². The van der Waals surface area contributed by atoms with E-state index in [1.54, 1.807) is 0 Å². The molecule has 2 saturated heterocycles. The van der Waals surface area contributed by atoms with Gasteiger partial charge in [0.05, 0.1) is 26.4 Å². The third-order valence-electron chi connectivity index (χ3n) is 4.87. The molecule has 0 radical (unpaired) electrons. The van der Waals surface area contributed by atoms with Crippen molar-refractivity contribution in [1.82, 2.24) is 15.2 Å². The van der Waals surface area contributed by atoms with E-state index in [1.165, 1.54) is 0 Å². The molecular weight excluding hydrogens is 330 g/mol.